The molecule has 1 N–H and O–H groups in total. The highest BCUT2D eigenvalue weighted by atomic mass is 14.9. The molecule has 0 aromatic carbocycles. The Balaban J connectivity index is 2.09. The van der Waals surface area contributed by atoms with Crippen LogP contribution in [0.5, 0.6) is 0 Å². The summed E-state index contributed by atoms with van der Waals surface area (Å²) in [6.45, 7) is 8.55. The molecule has 0 aliphatic carbocycles. The first-order valence-electron chi connectivity index (χ1n) is 6.18. The Bertz CT molecular complexity index is 344. The monoisotopic (exact) mass is 219 g/mol. The molecule has 0 saturated carbocycles. The lowest BCUT2D eigenvalue weighted by atomic mass is 9.94. The van der Waals surface area contributed by atoms with Crippen LogP contribution < -0.4 is 5.32 Å². The topological polar surface area (TPSA) is 37.8 Å². The molecule has 0 bridgehead atoms. The van der Waals surface area contributed by atoms with Crippen LogP contribution >= 0.6 is 0 Å². The zero-order valence-corrected chi connectivity index (χ0v) is 10.5. The number of nitrogens with one attached hydrogen (secondary N) is 1. The van der Waals surface area contributed by atoms with Crippen molar-refractivity contribution in [2.75, 3.05) is 13.1 Å². The smallest absolute Gasteiger partial charge is 0.129 e. The molecule has 1 saturated heterocycles. The maximum absolute atomic E-state index is 4.60. The minimum absolute atomic E-state index is 0.766. The van der Waals surface area contributed by atoms with Gasteiger partial charge in [0, 0.05) is 17.8 Å². The number of aromatic nitrogens is 2. The van der Waals surface area contributed by atoms with Gasteiger partial charge in [-0.25, -0.2) is 9.97 Å². The fourth-order valence-electron chi connectivity index (χ4n) is 2.28. The molecule has 88 valence electrons. The van der Waals surface area contributed by atoms with E-state index in [0.29, 0.717) is 0 Å². The quantitative estimate of drug-likeness (QED) is 0.826. The van der Waals surface area contributed by atoms with Crippen molar-refractivity contribution in [3.63, 3.8) is 0 Å². The molecule has 1 aromatic rings. The molecule has 1 aliphatic heterocycles. The molecule has 16 heavy (non-hydrogen) atoms. The van der Waals surface area contributed by atoms with E-state index in [9.17, 15) is 0 Å². The SMILES string of the molecule is Cc1nc(CC2CCNCC2)nc(C)c1C. The van der Waals surface area contributed by atoms with Gasteiger partial charge in [-0.2, -0.15) is 0 Å². The van der Waals surface area contributed by atoms with Crippen LogP contribution in [0.3, 0.4) is 0 Å². The van der Waals surface area contributed by atoms with Gasteiger partial charge >= 0.3 is 0 Å². The molecule has 0 atom stereocenters. The van der Waals surface area contributed by atoms with Gasteiger partial charge < -0.3 is 5.32 Å². The van der Waals surface area contributed by atoms with E-state index in [-0.39, 0.29) is 0 Å². The molecule has 0 amide bonds. The fraction of sp³-hybridized carbons (Fsp3) is 0.692. The fourth-order valence-corrected chi connectivity index (χ4v) is 2.28. The van der Waals surface area contributed by atoms with E-state index in [1.807, 2.05) is 0 Å². The molecule has 3 heteroatoms. The van der Waals surface area contributed by atoms with Gasteiger partial charge in [-0.15, -0.1) is 0 Å². The van der Waals surface area contributed by atoms with Gasteiger partial charge in [0.1, 0.15) is 5.82 Å². The first kappa shape index (κ1) is 11.5. The highest BCUT2D eigenvalue weighted by molar-refractivity contribution is 5.22. The molecule has 0 spiro atoms. The van der Waals surface area contributed by atoms with E-state index in [1.54, 1.807) is 0 Å². The second kappa shape index (κ2) is 4.91. The van der Waals surface area contributed by atoms with E-state index in [0.717, 1.165) is 42.6 Å². The first-order chi connectivity index (χ1) is 7.66. The Hall–Kier alpha value is -0.960. The lowest BCUT2D eigenvalue weighted by Gasteiger charge is -2.22. The van der Waals surface area contributed by atoms with Gasteiger partial charge in [0.25, 0.3) is 0 Å². The Kier molecular flexibility index (Phi) is 3.54. The van der Waals surface area contributed by atoms with Crippen molar-refractivity contribution in [1.29, 1.82) is 0 Å². The summed E-state index contributed by atoms with van der Waals surface area (Å²) in [7, 11) is 0. The van der Waals surface area contributed by atoms with Crippen LogP contribution in [-0.4, -0.2) is 23.1 Å². The molecule has 1 fully saturated rings. The van der Waals surface area contributed by atoms with Crippen molar-refractivity contribution < 1.29 is 0 Å². The number of hydrogen-bond acceptors (Lipinski definition) is 3. The summed E-state index contributed by atoms with van der Waals surface area (Å²) in [4.78, 5) is 9.19. The van der Waals surface area contributed by atoms with Gasteiger partial charge in [0.2, 0.25) is 0 Å². The van der Waals surface area contributed by atoms with Crippen LogP contribution in [-0.2, 0) is 6.42 Å². The lowest BCUT2D eigenvalue weighted by molar-refractivity contribution is 0.366. The molecule has 3 nitrogen and oxygen atoms in total. The third kappa shape index (κ3) is 2.59. The first-order valence-corrected chi connectivity index (χ1v) is 6.18. The van der Waals surface area contributed by atoms with Crippen molar-refractivity contribution in [3.8, 4) is 0 Å². The van der Waals surface area contributed by atoms with Crippen molar-refractivity contribution in [2.45, 2.75) is 40.0 Å². The minimum atomic E-state index is 0.766. The van der Waals surface area contributed by atoms with E-state index in [4.69, 9.17) is 0 Å². The summed E-state index contributed by atoms with van der Waals surface area (Å²) in [5.74, 6) is 1.80. The summed E-state index contributed by atoms with van der Waals surface area (Å²) < 4.78 is 0. The molecule has 0 unspecified atom stereocenters. The zero-order valence-electron chi connectivity index (χ0n) is 10.5. The number of hydrogen-bond donors (Lipinski definition) is 1. The average molecular weight is 219 g/mol. The predicted octanol–water partition coefficient (Wildman–Crippen LogP) is 1.94. The Morgan fingerprint density at radius 3 is 2.19 bits per heavy atom. The Labute approximate surface area is 97.7 Å². The maximum Gasteiger partial charge on any atom is 0.129 e. The molecule has 2 rings (SSSR count). The van der Waals surface area contributed by atoms with Crippen LogP contribution in [0.4, 0.5) is 0 Å². The van der Waals surface area contributed by atoms with Crippen LogP contribution in [0.25, 0.3) is 0 Å². The highest BCUT2D eigenvalue weighted by Gasteiger charge is 2.15. The standard InChI is InChI=1S/C13H21N3/c1-9-10(2)15-13(16-11(9)3)8-12-4-6-14-7-5-12/h12,14H,4-8H2,1-3H3. The molecular weight excluding hydrogens is 198 g/mol. The molecule has 2 heterocycles. The molecular formula is C13H21N3. The van der Waals surface area contributed by atoms with Crippen molar-refractivity contribution >= 4 is 0 Å². The van der Waals surface area contributed by atoms with Gasteiger partial charge in [-0.3, -0.25) is 0 Å². The molecule has 0 radical (unpaired) electrons. The summed E-state index contributed by atoms with van der Waals surface area (Å²) in [5, 5.41) is 3.39. The molecule has 1 aliphatic rings. The number of piperidine rings is 1. The zero-order chi connectivity index (χ0) is 11.5. The van der Waals surface area contributed by atoms with Crippen molar-refractivity contribution in [2.24, 2.45) is 5.92 Å². The largest absolute Gasteiger partial charge is 0.317 e. The van der Waals surface area contributed by atoms with E-state index in [2.05, 4.69) is 36.1 Å². The van der Waals surface area contributed by atoms with Gasteiger partial charge in [0.15, 0.2) is 0 Å². The number of rotatable bonds is 2. The summed E-state index contributed by atoms with van der Waals surface area (Å²) >= 11 is 0. The van der Waals surface area contributed by atoms with Crippen LogP contribution in [0.15, 0.2) is 0 Å². The summed E-state index contributed by atoms with van der Waals surface area (Å²) in [6, 6.07) is 0. The van der Waals surface area contributed by atoms with Gasteiger partial charge in [-0.05, 0) is 58.2 Å². The van der Waals surface area contributed by atoms with Crippen LogP contribution in [0, 0.1) is 26.7 Å². The van der Waals surface area contributed by atoms with E-state index >= 15 is 0 Å². The number of nitrogens with zero attached hydrogens (tertiary/aromatic N) is 2. The second-order valence-corrected chi connectivity index (χ2v) is 4.83. The predicted molar refractivity (Wildman–Crippen MR) is 65.5 cm³/mol. The summed E-state index contributed by atoms with van der Waals surface area (Å²) in [5.41, 5.74) is 3.50. The van der Waals surface area contributed by atoms with Crippen LogP contribution in [0.1, 0.15) is 35.6 Å². The van der Waals surface area contributed by atoms with E-state index < -0.39 is 0 Å². The lowest BCUT2D eigenvalue weighted by Crippen LogP contribution is -2.29. The second-order valence-electron chi connectivity index (χ2n) is 4.83. The Morgan fingerprint density at radius 2 is 1.62 bits per heavy atom. The average Bonchev–Trinajstić information content (AvgIpc) is 2.27. The third-order valence-corrected chi connectivity index (χ3v) is 3.61. The third-order valence-electron chi connectivity index (χ3n) is 3.61. The molecule has 1 aromatic heterocycles. The maximum atomic E-state index is 4.60. The minimum Gasteiger partial charge on any atom is -0.317 e. The van der Waals surface area contributed by atoms with Gasteiger partial charge in [0.05, 0.1) is 0 Å². The Morgan fingerprint density at radius 1 is 1.06 bits per heavy atom. The van der Waals surface area contributed by atoms with Crippen molar-refractivity contribution in [1.82, 2.24) is 15.3 Å². The van der Waals surface area contributed by atoms with Gasteiger partial charge in [-0.1, -0.05) is 0 Å². The van der Waals surface area contributed by atoms with Crippen molar-refractivity contribution in [3.05, 3.63) is 22.8 Å². The van der Waals surface area contributed by atoms with Crippen LogP contribution in [0.2, 0.25) is 0 Å². The highest BCUT2D eigenvalue weighted by Crippen LogP contribution is 2.17. The number of aryl methyl sites for hydroxylation is 2. The normalized spacial score (nSPS) is 17.7. The van der Waals surface area contributed by atoms with E-state index in [1.165, 1.54) is 18.4 Å². The summed E-state index contributed by atoms with van der Waals surface area (Å²) in [6.07, 6.45) is 3.56.